The van der Waals surface area contributed by atoms with Crippen LogP contribution in [0.15, 0.2) is 59.7 Å². The van der Waals surface area contributed by atoms with Gasteiger partial charge in [-0.05, 0) is 67.5 Å². The van der Waals surface area contributed by atoms with Crippen LogP contribution in [0.3, 0.4) is 0 Å². The molecule has 2 aromatic carbocycles. The minimum atomic E-state index is -4.77. The second-order valence-corrected chi connectivity index (χ2v) is 10.6. The summed E-state index contributed by atoms with van der Waals surface area (Å²) >= 11 is 0. The highest BCUT2D eigenvalue weighted by Crippen LogP contribution is 2.38. The van der Waals surface area contributed by atoms with Gasteiger partial charge in [0.2, 0.25) is 0 Å². The molecular weight excluding hydrogens is 513 g/mol. The topological polar surface area (TPSA) is 31.6 Å². The largest absolute Gasteiger partial charge is 0.573 e. The fourth-order valence-corrected chi connectivity index (χ4v) is 5.09. The van der Waals surface area contributed by atoms with Gasteiger partial charge in [-0.1, -0.05) is 95.9 Å². The molecule has 0 N–H and O–H groups in total. The number of halogens is 3. The van der Waals surface area contributed by atoms with Gasteiger partial charge >= 0.3 is 6.36 Å². The molecule has 220 valence electrons. The monoisotopic (exact) mass is 558 g/mol. The maximum Gasteiger partial charge on any atom is 0.573 e. The van der Waals surface area contributed by atoms with Gasteiger partial charge in [-0.25, -0.2) is 0 Å². The summed E-state index contributed by atoms with van der Waals surface area (Å²) in [6.45, 7) is 6.43. The van der Waals surface area contributed by atoms with E-state index in [1.807, 2.05) is 18.2 Å². The van der Waals surface area contributed by atoms with Crippen molar-refractivity contribution in [2.75, 3.05) is 6.61 Å². The Morgan fingerprint density at radius 3 is 2.00 bits per heavy atom. The van der Waals surface area contributed by atoms with Crippen LogP contribution in [0.2, 0.25) is 0 Å². The van der Waals surface area contributed by atoms with E-state index >= 15 is 0 Å². The van der Waals surface area contributed by atoms with Crippen LogP contribution in [0.4, 0.5) is 13.2 Å². The third kappa shape index (κ3) is 11.3. The molecule has 0 saturated carbocycles. The Morgan fingerprint density at radius 2 is 1.35 bits per heavy atom. The first kappa shape index (κ1) is 31.6. The highest BCUT2D eigenvalue weighted by atomic mass is 19.4. The van der Waals surface area contributed by atoms with Crippen molar-refractivity contribution in [3.05, 3.63) is 66.4 Å². The lowest BCUT2D eigenvalue weighted by molar-refractivity contribution is -0.274. The Hall–Kier alpha value is -2.89. The molecule has 0 fully saturated rings. The van der Waals surface area contributed by atoms with Crippen LogP contribution in [0.5, 0.6) is 5.75 Å². The van der Waals surface area contributed by atoms with Crippen LogP contribution in [-0.2, 0) is 17.6 Å². The molecule has 0 amide bonds. The molecule has 0 bridgehead atoms. The molecule has 0 aliphatic carbocycles. The smallest absolute Gasteiger partial charge is 0.502 e. The minimum absolute atomic E-state index is 0.209. The van der Waals surface area contributed by atoms with Crippen LogP contribution in [0.1, 0.15) is 102 Å². The molecule has 0 radical (unpaired) electrons. The number of aryl methyl sites for hydroxylation is 2. The average molecular weight is 559 g/mol. The maximum atomic E-state index is 13.2. The first-order valence-corrected chi connectivity index (χ1v) is 15.0. The van der Waals surface area contributed by atoms with Gasteiger partial charge in [0.1, 0.15) is 17.1 Å². The molecule has 1 heterocycles. The Bertz CT molecular complexity index is 1150. The molecule has 0 aliphatic heterocycles. The second kappa shape index (κ2) is 17.0. The number of unbranched alkanes of at least 4 members (excludes halogenated alkanes) is 11. The molecule has 3 nitrogen and oxygen atoms in total. The van der Waals surface area contributed by atoms with Crippen molar-refractivity contribution in [3.8, 4) is 17.1 Å². The Kier molecular flexibility index (Phi) is 13.5. The molecule has 3 aromatic rings. The Balaban J connectivity index is 1.48. The van der Waals surface area contributed by atoms with Gasteiger partial charge in [-0.2, -0.15) is 0 Å². The highest BCUT2D eigenvalue weighted by Gasteiger charge is 2.32. The molecule has 0 aliphatic rings. The van der Waals surface area contributed by atoms with Gasteiger partial charge in [0.05, 0.1) is 18.4 Å². The van der Waals surface area contributed by atoms with Crippen molar-refractivity contribution in [2.45, 2.75) is 110 Å². The van der Waals surface area contributed by atoms with E-state index in [1.165, 1.54) is 69.3 Å². The maximum absolute atomic E-state index is 13.2. The fourth-order valence-electron chi connectivity index (χ4n) is 5.09. The third-order valence-corrected chi connectivity index (χ3v) is 7.29. The third-order valence-electron chi connectivity index (χ3n) is 7.29. The van der Waals surface area contributed by atoms with Gasteiger partial charge in [0.25, 0.3) is 0 Å². The van der Waals surface area contributed by atoms with Gasteiger partial charge in [-0.15, -0.1) is 13.2 Å². The zero-order valence-electron chi connectivity index (χ0n) is 24.0. The normalized spacial score (nSPS) is 11.7. The molecule has 0 unspecified atom stereocenters. The van der Waals surface area contributed by atoms with Crippen molar-refractivity contribution in [1.29, 1.82) is 0 Å². The predicted molar refractivity (Wildman–Crippen MR) is 158 cm³/mol. The molecule has 3 rings (SSSR count). The highest BCUT2D eigenvalue weighted by molar-refractivity contribution is 5.84. The zero-order chi connectivity index (χ0) is 28.6. The first-order chi connectivity index (χ1) is 19.4. The van der Waals surface area contributed by atoms with Crippen LogP contribution >= 0.6 is 0 Å². The summed E-state index contributed by atoms with van der Waals surface area (Å²) in [7, 11) is 0. The van der Waals surface area contributed by atoms with E-state index in [4.69, 9.17) is 9.15 Å². The van der Waals surface area contributed by atoms with E-state index in [0.29, 0.717) is 16.9 Å². The number of hydrogen-bond donors (Lipinski definition) is 0. The van der Waals surface area contributed by atoms with E-state index in [2.05, 4.69) is 24.3 Å². The summed E-state index contributed by atoms with van der Waals surface area (Å²) in [6.07, 6.45) is 13.8. The van der Waals surface area contributed by atoms with Crippen LogP contribution in [0, 0.1) is 0 Å². The molecule has 1 aromatic heterocycles. The van der Waals surface area contributed by atoms with Crippen LogP contribution < -0.4 is 4.74 Å². The van der Waals surface area contributed by atoms with E-state index < -0.39 is 6.36 Å². The van der Waals surface area contributed by atoms with Gasteiger partial charge in [0.15, 0.2) is 0 Å². The summed E-state index contributed by atoms with van der Waals surface area (Å²) < 4.78 is 55.2. The second-order valence-electron chi connectivity index (χ2n) is 10.6. The van der Waals surface area contributed by atoms with Crippen molar-refractivity contribution in [2.24, 2.45) is 0 Å². The fraction of sp³-hybridized carbons (Fsp3) is 0.529. The molecule has 0 spiro atoms. The molecular formula is C34H45F3O3. The average Bonchev–Trinajstić information content (AvgIpc) is 3.34. The summed E-state index contributed by atoms with van der Waals surface area (Å²) in [5, 5.41) is 0.872. The Morgan fingerprint density at radius 1 is 0.750 bits per heavy atom. The van der Waals surface area contributed by atoms with E-state index in [1.54, 1.807) is 12.1 Å². The van der Waals surface area contributed by atoms with E-state index in [0.717, 1.165) is 62.5 Å². The SMILES string of the molecule is C=COCCCCCCCCCCCCc1ccc2cc(-c3ccc(CCCCC)cc3OC(F)(F)F)oc2c1. The Labute approximate surface area is 237 Å². The quantitative estimate of drug-likeness (QED) is 0.102. The minimum Gasteiger partial charge on any atom is -0.502 e. The summed E-state index contributed by atoms with van der Waals surface area (Å²) in [5.74, 6) is 0.176. The molecule has 0 atom stereocenters. The lowest BCUT2D eigenvalue weighted by Gasteiger charge is -2.13. The van der Waals surface area contributed by atoms with Gasteiger partial charge in [0, 0.05) is 5.39 Å². The summed E-state index contributed by atoms with van der Waals surface area (Å²) in [6, 6.07) is 12.9. The van der Waals surface area contributed by atoms with Crippen molar-refractivity contribution in [1.82, 2.24) is 0 Å². The number of ether oxygens (including phenoxy) is 2. The molecule has 40 heavy (non-hydrogen) atoms. The first-order valence-electron chi connectivity index (χ1n) is 15.0. The zero-order valence-corrected chi connectivity index (χ0v) is 24.0. The van der Waals surface area contributed by atoms with Gasteiger partial charge < -0.3 is 13.9 Å². The van der Waals surface area contributed by atoms with E-state index in [9.17, 15) is 13.2 Å². The van der Waals surface area contributed by atoms with Crippen LogP contribution in [0.25, 0.3) is 22.3 Å². The van der Waals surface area contributed by atoms with Crippen LogP contribution in [-0.4, -0.2) is 13.0 Å². The number of furan rings is 1. The lowest BCUT2D eigenvalue weighted by Crippen LogP contribution is -2.17. The van der Waals surface area contributed by atoms with E-state index in [-0.39, 0.29) is 5.75 Å². The lowest BCUT2D eigenvalue weighted by atomic mass is 10.0. The van der Waals surface area contributed by atoms with Crippen molar-refractivity contribution < 1.29 is 27.1 Å². The number of benzene rings is 2. The van der Waals surface area contributed by atoms with Crippen molar-refractivity contribution in [3.63, 3.8) is 0 Å². The molecule has 6 heteroatoms. The predicted octanol–water partition coefficient (Wildman–Crippen LogP) is 11.3. The summed E-state index contributed by atoms with van der Waals surface area (Å²) in [4.78, 5) is 0. The number of rotatable bonds is 20. The van der Waals surface area contributed by atoms with Crippen molar-refractivity contribution >= 4 is 11.0 Å². The summed E-state index contributed by atoms with van der Waals surface area (Å²) in [5.41, 5.74) is 3.02. The number of hydrogen-bond acceptors (Lipinski definition) is 3. The molecule has 0 saturated heterocycles. The van der Waals surface area contributed by atoms with Gasteiger partial charge in [-0.3, -0.25) is 0 Å². The number of alkyl halides is 3. The number of fused-ring (bicyclic) bond motifs is 1. The standard InChI is InChI=1S/C34H45F3O3/c1-3-5-14-17-28-20-22-30(33(25-28)40-34(35,36)37)32-26-29-21-19-27(24-31(29)39-32)18-15-12-10-8-6-7-9-11-13-16-23-38-4-2/h4,19-22,24-26H,2-3,5-18,23H2,1H3.